The molecule has 1 atom stereocenters. The number of aliphatic hydroxyl groups is 1. The highest BCUT2D eigenvalue weighted by Crippen LogP contribution is 2.23. The molecule has 15 heavy (non-hydrogen) atoms. The van der Waals surface area contributed by atoms with Gasteiger partial charge in [0.2, 0.25) is 0 Å². The van der Waals surface area contributed by atoms with Crippen LogP contribution in [-0.2, 0) is 0 Å². The number of anilines is 2. The molecule has 0 fully saturated rings. The number of nitrogens with two attached hydrogens (primary N) is 1. The quantitative estimate of drug-likeness (QED) is 0.738. The summed E-state index contributed by atoms with van der Waals surface area (Å²) in [6, 6.07) is 5.65. The van der Waals surface area contributed by atoms with Gasteiger partial charge < -0.3 is 16.2 Å². The molecular formula is C11H17BrN2O. The Bertz CT molecular complexity index is 328. The normalized spacial score (nSPS) is 12.9. The highest BCUT2D eigenvalue weighted by atomic mass is 79.9. The summed E-state index contributed by atoms with van der Waals surface area (Å²) in [5.74, 6) is 0.245. The van der Waals surface area contributed by atoms with Gasteiger partial charge in [-0.2, -0.15) is 0 Å². The minimum absolute atomic E-state index is 0.245. The molecule has 0 radical (unpaired) electrons. The third kappa shape index (κ3) is 3.72. The Balaban J connectivity index is 2.58. The van der Waals surface area contributed by atoms with Crippen LogP contribution in [0.25, 0.3) is 0 Å². The topological polar surface area (TPSA) is 58.3 Å². The highest BCUT2D eigenvalue weighted by Gasteiger charge is 2.09. The molecule has 0 aromatic heterocycles. The lowest BCUT2D eigenvalue weighted by atomic mass is 10.1. The Kier molecular flexibility index (Phi) is 4.42. The van der Waals surface area contributed by atoms with E-state index >= 15 is 0 Å². The van der Waals surface area contributed by atoms with Crippen LogP contribution in [0.4, 0.5) is 11.4 Å². The van der Waals surface area contributed by atoms with Crippen LogP contribution < -0.4 is 11.1 Å². The van der Waals surface area contributed by atoms with E-state index in [1.807, 2.05) is 32.0 Å². The van der Waals surface area contributed by atoms with Gasteiger partial charge in [0.1, 0.15) is 0 Å². The Morgan fingerprint density at radius 1 is 1.47 bits per heavy atom. The zero-order valence-electron chi connectivity index (χ0n) is 9.00. The standard InChI is InChI=1S/C11H17BrN2O/c1-7(2)11(15)6-14-10-4-3-8(12)5-9(10)13/h3-5,7,11,14-15H,6,13H2,1-2H3. The minimum atomic E-state index is -0.354. The monoisotopic (exact) mass is 272 g/mol. The first-order chi connectivity index (χ1) is 7.00. The molecule has 0 amide bonds. The maximum absolute atomic E-state index is 9.62. The van der Waals surface area contributed by atoms with E-state index in [0.29, 0.717) is 12.2 Å². The first-order valence-corrected chi connectivity index (χ1v) is 5.77. The lowest BCUT2D eigenvalue weighted by molar-refractivity contribution is 0.138. The van der Waals surface area contributed by atoms with E-state index in [-0.39, 0.29) is 12.0 Å². The summed E-state index contributed by atoms with van der Waals surface area (Å²) >= 11 is 3.34. The average Bonchev–Trinajstić information content (AvgIpc) is 2.15. The van der Waals surface area contributed by atoms with E-state index in [1.54, 1.807) is 0 Å². The van der Waals surface area contributed by atoms with Crippen molar-refractivity contribution in [2.24, 2.45) is 5.92 Å². The van der Waals surface area contributed by atoms with E-state index in [2.05, 4.69) is 21.2 Å². The van der Waals surface area contributed by atoms with E-state index < -0.39 is 0 Å². The third-order valence-corrected chi connectivity index (χ3v) is 2.78. The maximum Gasteiger partial charge on any atom is 0.0735 e. The number of benzene rings is 1. The van der Waals surface area contributed by atoms with E-state index in [9.17, 15) is 5.11 Å². The van der Waals surface area contributed by atoms with Crippen LogP contribution in [0.5, 0.6) is 0 Å². The fraction of sp³-hybridized carbons (Fsp3) is 0.455. The molecule has 1 unspecified atom stereocenters. The largest absolute Gasteiger partial charge is 0.397 e. The molecule has 0 aliphatic heterocycles. The molecule has 0 spiro atoms. The van der Waals surface area contributed by atoms with Gasteiger partial charge in [0, 0.05) is 11.0 Å². The van der Waals surface area contributed by atoms with Crippen LogP contribution in [-0.4, -0.2) is 17.8 Å². The van der Waals surface area contributed by atoms with Gasteiger partial charge in [-0.1, -0.05) is 29.8 Å². The molecule has 1 aromatic carbocycles. The van der Waals surface area contributed by atoms with Crippen molar-refractivity contribution < 1.29 is 5.11 Å². The number of hydrogen-bond donors (Lipinski definition) is 3. The number of halogens is 1. The van der Waals surface area contributed by atoms with Gasteiger partial charge in [-0.3, -0.25) is 0 Å². The van der Waals surface area contributed by atoms with Gasteiger partial charge in [0.15, 0.2) is 0 Å². The second-order valence-corrected chi connectivity index (χ2v) is 4.84. The van der Waals surface area contributed by atoms with Crippen molar-refractivity contribution in [2.45, 2.75) is 20.0 Å². The molecule has 4 N–H and O–H groups in total. The van der Waals surface area contributed by atoms with E-state index in [4.69, 9.17) is 5.73 Å². The fourth-order valence-electron chi connectivity index (χ4n) is 1.14. The molecule has 0 aliphatic rings. The lowest BCUT2D eigenvalue weighted by Crippen LogP contribution is -2.25. The molecule has 84 valence electrons. The van der Waals surface area contributed by atoms with Crippen LogP contribution in [0, 0.1) is 5.92 Å². The Morgan fingerprint density at radius 3 is 2.67 bits per heavy atom. The van der Waals surface area contributed by atoms with Gasteiger partial charge in [-0.15, -0.1) is 0 Å². The van der Waals surface area contributed by atoms with Crippen molar-refractivity contribution in [3.63, 3.8) is 0 Å². The summed E-state index contributed by atoms with van der Waals surface area (Å²) < 4.78 is 0.954. The molecule has 1 rings (SSSR count). The number of aliphatic hydroxyl groups excluding tert-OH is 1. The number of hydrogen-bond acceptors (Lipinski definition) is 3. The first-order valence-electron chi connectivity index (χ1n) is 4.97. The van der Waals surface area contributed by atoms with Gasteiger partial charge in [-0.05, 0) is 24.1 Å². The van der Waals surface area contributed by atoms with Crippen LogP contribution in [0.2, 0.25) is 0 Å². The summed E-state index contributed by atoms with van der Waals surface area (Å²) in [4.78, 5) is 0. The predicted octanol–water partition coefficient (Wildman–Crippen LogP) is 2.46. The summed E-state index contributed by atoms with van der Waals surface area (Å²) in [5.41, 5.74) is 7.35. The molecule has 0 aliphatic carbocycles. The van der Waals surface area contributed by atoms with Crippen molar-refractivity contribution >= 4 is 27.3 Å². The fourth-order valence-corrected chi connectivity index (χ4v) is 1.52. The van der Waals surface area contributed by atoms with E-state index in [0.717, 1.165) is 10.2 Å². The molecular weight excluding hydrogens is 256 g/mol. The number of nitrogens with one attached hydrogen (secondary N) is 1. The second kappa shape index (κ2) is 5.37. The summed E-state index contributed by atoms with van der Waals surface area (Å²) in [7, 11) is 0. The van der Waals surface area contributed by atoms with Gasteiger partial charge >= 0.3 is 0 Å². The zero-order valence-corrected chi connectivity index (χ0v) is 10.6. The van der Waals surface area contributed by atoms with E-state index in [1.165, 1.54) is 0 Å². The van der Waals surface area contributed by atoms with Crippen molar-refractivity contribution in [3.8, 4) is 0 Å². The van der Waals surface area contributed by atoms with Gasteiger partial charge in [0.05, 0.1) is 17.5 Å². The Morgan fingerprint density at radius 2 is 2.13 bits per heavy atom. The van der Waals surface area contributed by atoms with Crippen molar-refractivity contribution in [1.29, 1.82) is 0 Å². The van der Waals surface area contributed by atoms with Crippen LogP contribution >= 0.6 is 15.9 Å². The van der Waals surface area contributed by atoms with Gasteiger partial charge in [-0.25, -0.2) is 0 Å². The third-order valence-electron chi connectivity index (χ3n) is 2.28. The van der Waals surface area contributed by atoms with Crippen LogP contribution in [0.3, 0.4) is 0 Å². The van der Waals surface area contributed by atoms with Crippen molar-refractivity contribution in [2.75, 3.05) is 17.6 Å². The molecule has 0 bridgehead atoms. The number of nitrogen functional groups attached to an aromatic ring is 1. The molecule has 0 saturated carbocycles. The van der Waals surface area contributed by atoms with Crippen molar-refractivity contribution in [1.82, 2.24) is 0 Å². The minimum Gasteiger partial charge on any atom is -0.397 e. The molecule has 0 heterocycles. The van der Waals surface area contributed by atoms with Crippen molar-refractivity contribution in [3.05, 3.63) is 22.7 Å². The second-order valence-electron chi connectivity index (χ2n) is 3.92. The van der Waals surface area contributed by atoms with Crippen LogP contribution in [0.15, 0.2) is 22.7 Å². The van der Waals surface area contributed by atoms with Crippen LogP contribution in [0.1, 0.15) is 13.8 Å². The highest BCUT2D eigenvalue weighted by molar-refractivity contribution is 9.10. The molecule has 1 aromatic rings. The molecule has 3 nitrogen and oxygen atoms in total. The zero-order chi connectivity index (χ0) is 11.4. The lowest BCUT2D eigenvalue weighted by Gasteiger charge is -2.16. The molecule has 0 saturated heterocycles. The summed E-state index contributed by atoms with van der Waals surface area (Å²) in [6.07, 6.45) is -0.354. The Labute approximate surface area is 98.8 Å². The average molecular weight is 273 g/mol. The predicted molar refractivity (Wildman–Crippen MR) is 67.9 cm³/mol. The Hall–Kier alpha value is -0.740. The molecule has 4 heteroatoms. The first kappa shape index (κ1) is 12.3. The summed E-state index contributed by atoms with van der Waals surface area (Å²) in [5, 5.41) is 12.7. The maximum atomic E-state index is 9.62. The van der Waals surface area contributed by atoms with Gasteiger partial charge in [0.25, 0.3) is 0 Å². The smallest absolute Gasteiger partial charge is 0.0735 e. The number of rotatable bonds is 4. The summed E-state index contributed by atoms with van der Waals surface area (Å²) in [6.45, 7) is 4.48. The SMILES string of the molecule is CC(C)C(O)CNc1ccc(Br)cc1N.